The van der Waals surface area contributed by atoms with Gasteiger partial charge in [0.1, 0.15) is 0 Å². The van der Waals surface area contributed by atoms with E-state index in [4.69, 9.17) is 14.2 Å². The van der Waals surface area contributed by atoms with Crippen LogP contribution in [0, 0.1) is 0 Å². The molecule has 2 heterocycles. The molecule has 0 saturated carbocycles. The third-order valence-electron chi connectivity index (χ3n) is 3.46. The molecule has 1 atom stereocenters. The number of nitrogens with zero attached hydrogens (tertiary/aromatic N) is 1. The maximum atomic E-state index is 10.0. The summed E-state index contributed by atoms with van der Waals surface area (Å²) in [7, 11) is 0. The Bertz CT molecular complexity index is 483. The number of rotatable bonds is 4. The molecule has 0 spiro atoms. The van der Waals surface area contributed by atoms with E-state index in [1.165, 1.54) is 0 Å². The lowest BCUT2D eigenvalue weighted by atomic mass is 10.1. The molecule has 1 unspecified atom stereocenters. The minimum Gasteiger partial charge on any atom is -0.454 e. The normalized spacial score (nSPS) is 20.4. The molecule has 1 aromatic carbocycles. The number of hydrogen-bond acceptors (Lipinski definition) is 5. The fourth-order valence-electron chi connectivity index (χ4n) is 2.35. The van der Waals surface area contributed by atoms with Crippen molar-refractivity contribution in [3.8, 4) is 11.5 Å². The highest BCUT2D eigenvalue weighted by Crippen LogP contribution is 2.32. The molecular weight excluding hydrogens is 258 g/mol. The molecule has 20 heavy (non-hydrogen) atoms. The summed E-state index contributed by atoms with van der Waals surface area (Å²) in [5.41, 5.74) is 0.996. The van der Waals surface area contributed by atoms with E-state index in [-0.39, 0.29) is 6.79 Å². The Morgan fingerprint density at radius 1 is 1.20 bits per heavy atom. The van der Waals surface area contributed by atoms with E-state index < -0.39 is 6.10 Å². The van der Waals surface area contributed by atoms with Gasteiger partial charge < -0.3 is 19.3 Å². The SMILES string of the molecule is OC(C=Cc1ccc2c(c1)OCO2)CN1CCOCC1. The van der Waals surface area contributed by atoms with Crippen LogP contribution in [-0.4, -0.2) is 55.8 Å². The van der Waals surface area contributed by atoms with Crippen molar-refractivity contribution in [2.45, 2.75) is 6.10 Å². The minimum absolute atomic E-state index is 0.280. The average Bonchev–Trinajstić information content (AvgIpc) is 2.93. The first-order valence-corrected chi connectivity index (χ1v) is 6.87. The summed E-state index contributed by atoms with van der Waals surface area (Å²) in [6.45, 7) is 4.19. The summed E-state index contributed by atoms with van der Waals surface area (Å²) in [6.07, 6.45) is 3.25. The highest BCUT2D eigenvalue weighted by atomic mass is 16.7. The van der Waals surface area contributed by atoms with Crippen LogP contribution in [0.4, 0.5) is 0 Å². The summed E-state index contributed by atoms with van der Waals surface area (Å²) in [5, 5.41) is 10.0. The van der Waals surface area contributed by atoms with Gasteiger partial charge in [-0.1, -0.05) is 18.2 Å². The Morgan fingerprint density at radius 3 is 2.85 bits per heavy atom. The molecule has 0 bridgehead atoms. The van der Waals surface area contributed by atoms with Gasteiger partial charge in [-0.05, 0) is 17.7 Å². The van der Waals surface area contributed by atoms with Gasteiger partial charge in [-0.2, -0.15) is 0 Å². The lowest BCUT2D eigenvalue weighted by molar-refractivity contribution is 0.0223. The van der Waals surface area contributed by atoms with Crippen LogP contribution in [0.25, 0.3) is 6.08 Å². The van der Waals surface area contributed by atoms with Gasteiger partial charge in [-0.15, -0.1) is 0 Å². The van der Waals surface area contributed by atoms with Gasteiger partial charge in [0, 0.05) is 19.6 Å². The lowest BCUT2D eigenvalue weighted by Gasteiger charge is -2.27. The molecule has 108 valence electrons. The summed E-state index contributed by atoms with van der Waals surface area (Å²) in [4.78, 5) is 2.21. The Morgan fingerprint density at radius 2 is 2.00 bits per heavy atom. The van der Waals surface area contributed by atoms with Crippen molar-refractivity contribution < 1.29 is 19.3 Å². The third-order valence-corrected chi connectivity index (χ3v) is 3.46. The molecule has 1 saturated heterocycles. The van der Waals surface area contributed by atoms with Crippen molar-refractivity contribution in [3.63, 3.8) is 0 Å². The molecule has 0 aliphatic carbocycles. The van der Waals surface area contributed by atoms with Gasteiger partial charge in [-0.25, -0.2) is 0 Å². The molecule has 1 fully saturated rings. The molecule has 0 aromatic heterocycles. The first-order chi connectivity index (χ1) is 9.81. The van der Waals surface area contributed by atoms with Crippen molar-refractivity contribution in [2.24, 2.45) is 0 Å². The predicted molar refractivity (Wildman–Crippen MR) is 74.9 cm³/mol. The molecule has 5 nitrogen and oxygen atoms in total. The quantitative estimate of drug-likeness (QED) is 0.894. The van der Waals surface area contributed by atoms with Crippen LogP contribution < -0.4 is 9.47 Å². The molecule has 1 aromatic rings. The Hall–Kier alpha value is -1.56. The van der Waals surface area contributed by atoms with Crippen LogP contribution in [0.3, 0.4) is 0 Å². The van der Waals surface area contributed by atoms with Gasteiger partial charge in [0.2, 0.25) is 6.79 Å². The van der Waals surface area contributed by atoms with Crippen LogP contribution in [0.5, 0.6) is 11.5 Å². The second kappa shape index (κ2) is 6.26. The fraction of sp³-hybridized carbons (Fsp3) is 0.467. The fourth-order valence-corrected chi connectivity index (χ4v) is 2.35. The maximum absolute atomic E-state index is 10.0. The van der Waals surface area contributed by atoms with E-state index in [9.17, 15) is 5.11 Å². The summed E-state index contributed by atoms with van der Waals surface area (Å²) in [5.74, 6) is 1.53. The van der Waals surface area contributed by atoms with Crippen molar-refractivity contribution >= 4 is 6.08 Å². The second-order valence-corrected chi connectivity index (χ2v) is 4.95. The predicted octanol–water partition coefficient (Wildman–Crippen LogP) is 1.12. The average molecular weight is 277 g/mol. The van der Waals surface area contributed by atoms with Gasteiger partial charge in [0.25, 0.3) is 0 Å². The Kier molecular flexibility index (Phi) is 4.20. The van der Waals surface area contributed by atoms with Crippen LogP contribution in [0.1, 0.15) is 5.56 Å². The van der Waals surface area contributed by atoms with E-state index in [1.807, 2.05) is 30.4 Å². The Labute approximate surface area is 118 Å². The second-order valence-electron chi connectivity index (χ2n) is 4.95. The zero-order valence-electron chi connectivity index (χ0n) is 11.3. The smallest absolute Gasteiger partial charge is 0.231 e. The molecule has 5 heteroatoms. The zero-order valence-corrected chi connectivity index (χ0v) is 11.3. The van der Waals surface area contributed by atoms with Gasteiger partial charge in [0.15, 0.2) is 11.5 Å². The molecule has 2 aliphatic rings. The van der Waals surface area contributed by atoms with Crippen LogP contribution >= 0.6 is 0 Å². The van der Waals surface area contributed by atoms with Crippen LogP contribution in [0.15, 0.2) is 24.3 Å². The van der Waals surface area contributed by atoms with Gasteiger partial charge in [-0.3, -0.25) is 4.90 Å². The first-order valence-electron chi connectivity index (χ1n) is 6.87. The number of aliphatic hydroxyl groups excluding tert-OH is 1. The number of ether oxygens (including phenoxy) is 3. The van der Waals surface area contributed by atoms with Crippen LogP contribution in [-0.2, 0) is 4.74 Å². The highest BCUT2D eigenvalue weighted by Gasteiger charge is 2.14. The lowest BCUT2D eigenvalue weighted by Crippen LogP contribution is -2.40. The van der Waals surface area contributed by atoms with E-state index >= 15 is 0 Å². The first kappa shape index (κ1) is 13.4. The summed E-state index contributed by atoms with van der Waals surface area (Å²) >= 11 is 0. The number of fused-ring (bicyclic) bond motifs is 1. The third kappa shape index (κ3) is 3.30. The standard InChI is InChI=1S/C15H19NO4/c17-13(10-16-5-7-18-8-6-16)3-1-12-2-4-14-15(9-12)20-11-19-14/h1-4,9,13,17H,5-8,10-11H2. The van der Waals surface area contributed by atoms with Crippen molar-refractivity contribution in [1.29, 1.82) is 0 Å². The van der Waals surface area contributed by atoms with E-state index in [0.717, 1.165) is 43.4 Å². The van der Waals surface area contributed by atoms with E-state index in [0.29, 0.717) is 6.54 Å². The zero-order chi connectivity index (χ0) is 13.8. The van der Waals surface area contributed by atoms with Crippen molar-refractivity contribution in [3.05, 3.63) is 29.8 Å². The summed E-state index contributed by atoms with van der Waals surface area (Å²) < 4.78 is 15.9. The minimum atomic E-state index is -0.474. The highest BCUT2D eigenvalue weighted by molar-refractivity contribution is 5.56. The maximum Gasteiger partial charge on any atom is 0.231 e. The molecule has 0 radical (unpaired) electrons. The molecule has 0 amide bonds. The Balaban J connectivity index is 1.56. The number of β-amino-alcohol motifs (C(OH)–C–C–N with tert-alkyl or cyclic N) is 1. The van der Waals surface area contributed by atoms with Gasteiger partial charge >= 0.3 is 0 Å². The van der Waals surface area contributed by atoms with Gasteiger partial charge in [0.05, 0.1) is 19.3 Å². The molecular formula is C15H19NO4. The summed E-state index contributed by atoms with van der Waals surface area (Å²) in [6, 6.07) is 5.75. The number of hydrogen-bond donors (Lipinski definition) is 1. The van der Waals surface area contributed by atoms with E-state index in [2.05, 4.69) is 4.90 Å². The van der Waals surface area contributed by atoms with Crippen molar-refractivity contribution in [1.82, 2.24) is 4.90 Å². The van der Waals surface area contributed by atoms with Crippen molar-refractivity contribution in [2.75, 3.05) is 39.6 Å². The monoisotopic (exact) mass is 277 g/mol. The topological polar surface area (TPSA) is 51.2 Å². The number of morpholine rings is 1. The number of aliphatic hydroxyl groups is 1. The van der Waals surface area contributed by atoms with E-state index in [1.54, 1.807) is 0 Å². The molecule has 3 rings (SSSR count). The number of benzene rings is 1. The molecule has 2 aliphatic heterocycles. The molecule has 1 N–H and O–H groups in total. The van der Waals surface area contributed by atoms with Crippen LogP contribution in [0.2, 0.25) is 0 Å². The largest absolute Gasteiger partial charge is 0.454 e.